The monoisotopic (exact) mass is 1170 g/mol. The first-order chi connectivity index (χ1) is 40.9. The minimum Gasteiger partial charge on any atom is -0.444 e. The predicted octanol–water partition coefficient (Wildman–Crippen LogP) is 8.62. The molecular weight excluding hydrogens is 1090 g/mol. The van der Waals surface area contributed by atoms with Crippen LogP contribution in [0.2, 0.25) is 0 Å². The number of benzene rings is 2. The maximum atomic E-state index is 14.8. The first-order valence-electron chi connectivity index (χ1n) is 30.7. The summed E-state index contributed by atoms with van der Waals surface area (Å²) < 4.78 is 40.7. The van der Waals surface area contributed by atoms with Crippen LogP contribution in [0.1, 0.15) is 147 Å². The topological polar surface area (TPSA) is 194 Å². The molecule has 5 amide bonds. The molecule has 85 heavy (non-hydrogen) atoms. The van der Waals surface area contributed by atoms with E-state index in [-0.39, 0.29) is 71.9 Å². The number of carbonyl (C=O) groups excluding carboxylic acids is 5. The molecule has 4 saturated heterocycles. The largest absolute Gasteiger partial charge is 0.444 e. The van der Waals surface area contributed by atoms with Crippen molar-refractivity contribution in [3.63, 3.8) is 0 Å². The standard InChI is InChI=1S/C65H82F2N10O8/c1-5-44-35-56-57(70-60(44)79)33-43(37-68-56)39-72-29-31-73(32-30-72)51-18-19-55(69-38-51)62(81)74-25-20-52(21-26-74)84-53-22-27-75(28-23-53)63(82)59(45-11-7-6-8-12-45)71-61(80)47-14-9-13-46(34-47)48-15-10-24-76(40-48)58(78)42-77(64(83)85-65(2,3)4)41-49-16-17-50(66)36-54(49)67/h9,13-14,16-19,33-38,45,48,52-53,59H,5-8,10-12,15,20-32,39-42H2,1-4H3,(H,70,79)(H,71,80)/t48?,59-/m1/s1. The summed E-state index contributed by atoms with van der Waals surface area (Å²) >= 11 is 0. The second-order valence-corrected chi connectivity index (χ2v) is 24.8. The number of hydrogen-bond donors (Lipinski definition) is 2. The molecule has 5 fully saturated rings. The number of halogens is 2. The Morgan fingerprint density at radius 3 is 2.16 bits per heavy atom. The third-order valence-corrected chi connectivity index (χ3v) is 17.6. The Hall–Kier alpha value is -7.32. The van der Waals surface area contributed by atoms with E-state index in [1.165, 1.54) is 6.07 Å². The van der Waals surface area contributed by atoms with Gasteiger partial charge in [0.15, 0.2) is 0 Å². The molecule has 7 heterocycles. The number of hydrogen-bond acceptors (Lipinski definition) is 12. The number of nitrogens with one attached hydrogen (secondary N) is 2. The number of amides is 5. The molecule has 2 atom stereocenters. The van der Waals surface area contributed by atoms with Crippen LogP contribution >= 0.6 is 0 Å². The quantitative estimate of drug-likeness (QED) is 0.0957. The fourth-order valence-electron chi connectivity index (χ4n) is 12.8. The lowest BCUT2D eigenvalue weighted by Crippen LogP contribution is -2.55. The number of ether oxygens (including phenoxy) is 2. The van der Waals surface area contributed by atoms with Crippen molar-refractivity contribution in [1.82, 2.24) is 44.8 Å². The Labute approximate surface area is 496 Å². The summed E-state index contributed by atoms with van der Waals surface area (Å²) in [5.41, 5.74) is 5.18. The van der Waals surface area contributed by atoms with Gasteiger partial charge in [-0.1, -0.05) is 44.4 Å². The highest BCUT2D eigenvalue weighted by molar-refractivity contribution is 5.98. The summed E-state index contributed by atoms with van der Waals surface area (Å²) in [5, 5.41) is 3.20. The second-order valence-electron chi connectivity index (χ2n) is 24.8. The number of rotatable bonds is 16. The molecule has 454 valence electrons. The van der Waals surface area contributed by atoms with Crippen molar-refractivity contribution in [2.45, 2.75) is 148 Å². The number of aromatic nitrogens is 3. The Morgan fingerprint density at radius 2 is 1.48 bits per heavy atom. The van der Waals surface area contributed by atoms with Crippen molar-refractivity contribution in [2.24, 2.45) is 5.92 Å². The average Bonchev–Trinajstić information content (AvgIpc) is 3.42. The third-order valence-electron chi connectivity index (χ3n) is 17.6. The van der Waals surface area contributed by atoms with Gasteiger partial charge in [-0.25, -0.2) is 18.6 Å². The molecule has 1 unspecified atom stereocenters. The molecule has 3 aromatic heterocycles. The van der Waals surface area contributed by atoms with Crippen LogP contribution in [0.25, 0.3) is 11.0 Å². The molecule has 20 heteroatoms. The first kappa shape index (κ1) is 60.8. The number of fused-ring (bicyclic) bond motifs is 1. The second kappa shape index (κ2) is 27.4. The molecule has 2 aromatic carbocycles. The highest BCUT2D eigenvalue weighted by atomic mass is 19.1. The number of likely N-dealkylation sites (tertiary alicyclic amines) is 3. The van der Waals surface area contributed by atoms with Gasteiger partial charge in [0.2, 0.25) is 11.8 Å². The molecule has 2 N–H and O–H groups in total. The lowest BCUT2D eigenvalue weighted by Gasteiger charge is -2.39. The van der Waals surface area contributed by atoms with Gasteiger partial charge in [0.25, 0.3) is 17.4 Å². The molecule has 10 rings (SSSR count). The number of H-pyrrole nitrogens is 1. The minimum atomic E-state index is -0.877. The normalized spacial score (nSPS) is 19.2. The molecule has 0 spiro atoms. The Kier molecular flexibility index (Phi) is 19.6. The van der Waals surface area contributed by atoms with Gasteiger partial charge >= 0.3 is 6.09 Å². The van der Waals surface area contributed by atoms with E-state index < -0.39 is 29.4 Å². The van der Waals surface area contributed by atoms with Crippen molar-refractivity contribution < 1.29 is 42.2 Å². The van der Waals surface area contributed by atoms with Crippen LogP contribution in [-0.4, -0.2) is 165 Å². The molecule has 4 aliphatic heterocycles. The highest BCUT2D eigenvalue weighted by Crippen LogP contribution is 2.32. The van der Waals surface area contributed by atoms with E-state index in [4.69, 9.17) is 9.47 Å². The SMILES string of the molecule is CCc1cc2ncc(CN3CCN(c4ccc(C(=O)N5CCC(OC6CCN(C(=O)[C@H](NC(=O)c7cccc(C8CCCN(C(=O)CN(Cc9ccc(F)cc9F)C(=O)OC(C)(C)C)C8)c7)C7CCCCC7)CC6)CC5)nc4)CC3)cc2[nH]c1=O. The van der Waals surface area contributed by atoms with E-state index in [1.54, 1.807) is 37.9 Å². The van der Waals surface area contributed by atoms with Crippen LogP contribution in [0.4, 0.5) is 19.3 Å². The summed E-state index contributed by atoms with van der Waals surface area (Å²) in [4.78, 5) is 106. The van der Waals surface area contributed by atoms with Crippen LogP contribution in [0.3, 0.4) is 0 Å². The van der Waals surface area contributed by atoms with E-state index in [1.807, 2.05) is 65.4 Å². The molecule has 0 bridgehead atoms. The summed E-state index contributed by atoms with van der Waals surface area (Å²) in [6, 6.07) is 17.5. The summed E-state index contributed by atoms with van der Waals surface area (Å²) in [6.45, 7) is 13.5. The van der Waals surface area contributed by atoms with E-state index >= 15 is 0 Å². The fourth-order valence-corrected chi connectivity index (χ4v) is 12.8. The maximum Gasteiger partial charge on any atom is 0.411 e. The summed E-state index contributed by atoms with van der Waals surface area (Å²) in [5.74, 6) is -2.49. The Morgan fingerprint density at radius 1 is 0.753 bits per heavy atom. The Bertz CT molecular complexity index is 3230. The van der Waals surface area contributed by atoms with Crippen LogP contribution in [0.5, 0.6) is 0 Å². The fraction of sp³-hybridized carbons (Fsp3) is 0.538. The number of piperidine rings is 3. The average molecular weight is 1170 g/mol. The van der Waals surface area contributed by atoms with Crippen molar-refractivity contribution in [3.05, 3.63) is 135 Å². The zero-order valence-corrected chi connectivity index (χ0v) is 49.7. The van der Waals surface area contributed by atoms with Gasteiger partial charge in [-0.3, -0.25) is 38.8 Å². The zero-order valence-electron chi connectivity index (χ0n) is 49.7. The molecule has 1 saturated carbocycles. The number of aryl methyl sites for hydroxylation is 1. The van der Waals surface area contributed by atoms with Gasteiger partial charge in [-0.15, -0.1) is 0 Å². The van der Waals surface area contributed by atoms with E-state index in [0.29, 0.717) is 89.1 Å². The van der Waals surface area contributed by atoms with Gasteiger partial charge < -0.3 is 39.4 Å². The van der Waals surface area contributed by atoms with Crippen molar-refractivity contribution >= 4 is 46.4 Å². The number of aromatic amines is 1. The molecule has 5 aliphatic rings. The maximum absolute atomic E-state index is 14.8. The molecular formula is C65H82F2N10O8. The molecule has 18 nitrogen and oxygen atoms in total. The molecule has 1 aliphatic carbocycles. The predicted molar refractivity (Wildman–Crippen MR) is 319 cm³/mol. The number of pyridine rings is 3. The summed E-state index contributed by atoms with van der Waals surface area (Å²) in [6.07, 6.45) is 12.6. The highest BCUT2D eigenvalue weighted by Gasteiger charge is 2.38. The van der Waals surface area contributed by atoms with Crippen LogP contribution in [0, 0.1) is 17.6 Å². The smallest absolute Gasteiger partial charge is 0.411 e. The van der Waals surface area contributed by atoms with Gasteiger partial charge in [0.1, 0.15) is 35.5 Å². The minimum absolute atomic E-state index is 0.00346. The Balaban J connectivity index is 0.673. The third kappa shape index (κ3) is 15.6. The van der Waals surface area contributed by atoms with E-state index in [9.17, 15) is 37.5 Å². The molecule has 5 aromatic rings. The van der Waals surface area contributed by atoms with E-state index in [0.717, 1.165) is 122 Å². The van der Waals surface area contributed by atoms with Crippen LogP contribution < -0.4 is 15.8 Å². The van der Waals surface area contributed by atoms with E-state index in [2.05, 4.69) is 30.1 Å². The number of anilines is 1. The zero-order chi connectivity index (χ0) is 59.8. The van der Waals surface area contributed by atoms with Gasteiger partial charge in [0, 0.05) is 107 Å². The summed E-state index contributed by atoms with van der Waals surface area (Å²) in [7, 11) is 0. The number of piperazine rings is 1. The van der Waals surface area contributed by atoms with Gasteiger partial charge in [-0.05, 0) is 138 Å². The van der Waals surface area contributed by atoms with Crippen LogP contribution in [-0.2, 0) is 38.6 Å². The lowest BCUT2D eigenvalue weighted by atomic mass is 9.83. The first-order valence-corrected chi connectivity index (χ1v) is 30.7. The number of carbonyl (C=O) groups is 5. The van der Waals surface area contributed by atoms with Crippen molar-refractivity contribution in [2.75, 3.05) is 76.9 Å². The lowest BCUT2D eigenvalue weighted by molar-refractivity contribution is -0.139. The van der Waals surface area contributed by atoms with Gasteiger partial charge in [-0.2, -0.15) is 0 Å². The van der Waals surface area contributed by atoms with Crippen molar-refractivity contribution in [3.8, 4) is 0 Å². The van der Waals surface area contributed by atoms with Crippen LogP contribution in [0.15, 0.2) is 83.9 Å². The van der Waals surface area contributed by atoms with Gasteiger partial charge in [0.05, 0.1) is 41.7 Å². The van der Waals surface area contributed by atoms with Crippen molar-refractivity contribution in [1.29, 1.82) is 0 Å². The number of nitrogens with zero attached hydrogens (tertiary/aromatic N) is 8. The molecule has 0 radical (unpaired) electrons.